The number of ether oxygens (including phenoxy) is 1. The lowest BCUT2D eigenvalue weighted by atomic mass is 10.2. The number of benzene rings is 2. The van der Waals surface area contributed by atoms with Gasteiger partial charge in [-0.25, -0.2) is 0 Å². The molecule has 0 bridgehead atoms. The van der Waals surface area contributed by atoms with Crippen LogP contribution in [0.1, 0.15) is 29.6 Å². The fourth-order valence-electron chi connectivity index (χ4n) is 2.93. The number of hydrogen-bond acceptors (Lipinski definition) is 4. The van der Waals surface area contributed by atoms with Crippen molar-refractivity contribution in [2.75, 3.05) is 23.4 Å². The predicted molar refractivity (Wildman–Crippen MR) is 102 cm³/mol. The first-order valence-electron chi connectivity index (χ1n) is 8.76. The number of nitrogens with two attached hydrogens (primary N) is 1. The minimum absolute atomic E-state index is 0.0642. The second-order valence-electron chi connectivity index (χ2n) is 6.20. The first kappa shape index (κ1) is 18.4. The van der Waals surface area contributed by atoms with E-state index in [0.717, 1.165) is 6.42 Å². The molecular formula is C20H21N3O4. The van der Waals surface area contributed by atoms with Crippen molar-refractivity contribution < 1.29 is 19.1 Å². The fourth-order valence-corrected chi connectivity index (χ4v) is 2.93. The molecule has 3 amide bonds. The van der Waals surface area contributed by atoms with Crippen LogP contribution in [0.2, 0.25) is 0 Å². The number of rotatable bonds is 7. The number of primary amides is 1. The number of anilines is 2. The van der Waals surface area contributed by atoms with Crippen LogP contribution >= 0.6 is 0 Å². The van der Waals surface area contributed by atoms with E-state index < -0.39 is 5.91 Å². The molecule has 1 aliphatic heterocycles. The molecule has 3 N–H and O–H groups in total. The normalized spacial score (nSPS) is 13.5. The third-order valence-corrected chi connectivity index (χ3v) is 4.26. The van der Waals surface area contributed by atoms with Gasteiger partial charge in [-0.05, 0) is 36.8 Å². The number of para-hydroxylation sites is 2. The minimum atomic E-state index is -0.536. The Hall–Kier alpha value is -3.35. The number of hydrogen-bond donors (Lipinski definition) is 2. The van der Waals surface area contributed by atoms with Gasteiger partial charge in [-0.3, -0.25) is 14.4 Å². The highest BCUT2D eigenvalue weighted by atomic mass is 16.5. The van der Waals surface area contributed by atoms with E-state index in [4.69, 9.17) is 10.5 Å². The van der Waals surface area contributed by atoms with Crippen LogP contribution in [-0.4, -0.2) is 30.9 Å². The largest absolute Gasteiger partial charge is 0.493 e. The quantitative estimate of drug-likeness (QED) is 0.784. The molecule has 7 heteroatoms. The topological polar surface area (TPSA) is 102 Å². The van der Waals surface area contributed by atoms with Crippen molar-refractivity contribution in [1.29, 1.82) is 0 Å². The molecule has 0 atom stereocenters. The summed E-state index contributed by atoms with van der Waals surface area (Å²) in [7, 11) is 0. The number of nitrogens with zero attached hydrogens (tertiary/aromatic N) is 1. The van der Waals surface area contributed by atoms with Crippen LogP contribution in [0.4, 0.5) is 11.4 Å². The summed E-state index contributed by atoms with van der Waals surface area (Å²) in [5.41, 5.74) is 6.90. The fraction of sp³-hybridized carbons (Fsp3) is 0.250. The molecular weight excluding hydrogens is 346 g/mol. The summed E-state index contributed by atoms with van der Waals surface area (Å²) in [6.07, 6.45) is 1.48. The van der Waals surface area contributed by atoms with Crippen molar-refractivity contribution in [3.63, 3.8) is 0 Å². The van der Waals surface area contributed by atoms with Crippen molar-refractivity contribution in [1.82, 2.24) is 0 Å². The highest BCUT2D eigenvalue weighted by Crippen LogP contribution is 2.29. The van der Waals surface area contributed by atoms with Gasteiger partial charge in [-0.2, -0.15) is 0 Å². The van der Waals surface area contributed by atoms with Gasteiger partial charge in [-0.15, -0.1) is 0 Å². The molecule has 0 radical (unpaired) electrons. The number of carbonyl (C=O) groups excluding carboxylic acids is 3. The third kappa shape index (κ3) is 4.63. The van der Waals surface area contributed by atoms with E-state index in [-0.39, 0.29) is 24.8 Å². The highest BCUT2D eigenvalue weighted by Gasteiger charge is 2.24. The van der Waals surface area contributed by atoms with Crippen LogP contribution in [0.5, 0.6) is 5.75 Å². The van der Waals surface area contributed by atoms with Crippen LogP contribution < -0.4 is 20.7 Å². The zero-order valence-corrected chi connectivity index (χ0v) is 14.8. The van der Waals surface area contributed by atoms with Gasteiger partial charge in [0, 0.05) is 18.5 Å². The summed E-state index contributed by atoms with van der Waals surface area (Å²) >= 11 is 0. The standard InChI is InChI=1S/C20H21N3O4/c21-20(26)14-5-3-6-15(13-14)27-12-10-18(24)22-16-7-1-2-8-17(16)23-11-4-9-19(23)25/h1-3,5-8,13H,4,9-12H2,(H2,21,26)(H,22,24). The number of amides is 3. The molecule has 0 spiro atoms. The Bertz CT molecular complexity index is 866. The number of carbonyl (C=O) groups is 3. The summed E-state index contributed by atoms with van der Waals surface area (Å²) in [5.74, 6) is -0.219. The van der Waals surface area contributed by atoms with Crippen LogP contribution in [-0.2, 0) is 9.59 Å². The van der Waals surface area contributed by atoms with Crippen LogP contribution in [0.3, 0.4) is 0 Å². The molecule has 1 saturated heterocycles. The average molecular weight is 367 g/mol. The van der Waals surface area contributed by atoms with Crippen LogP contribution in [0.25, 0.3) is 0 Å². The Morgan fingerprint density at radius 2 is 1.96 bits per heavy atom. The number of nitrogens with one attached hydrogen (secondary N) is 1. The van der Waals surface area contributed by atoms with Crippen molar-refractivity contribution >= 4 is 29.1 Å². The first-order valence-corrected chi connectivity index (χ1v) is 8.76. The van der Waals surface area contributed by atoms with E-state index in [1.165, 1.54) is 6.07 Å². The minimum Gasteiger partial charge on any atom is -0.493 e. The smallest absolute Gasteiger partial charge is 0.248 e. The molecule has 1 fully saturated rings. The van der Waals surface area contributed by atoms with Crippen molar-refractivity contribution in [3.8, 4) is 5.75 Å². The second kappa shape index (κ2) is 8.35. The molecule has 7 nitrogen and oxygen atoms in total. The van der Waals surface area contributed by atoms with Gasteiger partial charge in [0.05, 0.1) is 24.4 Å². The summed E-state index contributed by atoms with van der Waals surface area (Å²) in [6.45, 7) is 0.809. The lowest BCUT2D eigenvalue weighted by molar-refractivity contribution is -0.117. The second-order valence-corrected chi connectivity index (χ2v) is 6.20. The first-order chi connectivity index (χ1) is 13.0. The summed E-state index contributed by atoms with van der Waals surface area (Å²) in [5, 5.41) is 2.84. The molecule has 0 aromatic heterocycles. The maximum absolute atomic E-state index is 12.3. The molecule has 1 aliphatic rings. The van der Waals surface area contributed by atoms with Gasteiger partial charge in [0.1, 0.15) is 5.75 Å². The Morgan fingerprint density at radius 1 is 1.15 bits per heavy atom. The van der Waals surface area contributed by atoms with E-state index in [1.54, 1.807) is 29.2 Å². The summed E-state index contributed by atoms with van der Waals surface area (Å²) < 4.78 is 5.52. The van der Waals surface area contributed by atoms with Gasteiger partial charge in [0.25, 0.3) is 0 Å². The lowest BCUT2D eigenvalue weighted by Gasteiger charge is -2.20. The Kier molecular flexibility index (Phi) is 5.71. The van der Waals surface area contributed by atoms with Gasteiger partial charge in [0.2, 0.25) is 17.7 Å². The Balaban J connectivity index is 1.56. The molecule has 27 heavy (non-hydrogen) atoms. The van der Waals surface area contributed by atoms with E-state index >= 15 is 0 Å². The zero-order valence-electron chi connectivity index (χ0n) is 14.8. The monoisotopic (exact) mass is 367 g/mol. The molecule has 2 aromatic carbocycles. The molecule has 3 rings (SSSR count). The van der Waals surface area contributed by atoms with Gasteiger partial charge >= 0.3 is 0 Å². The highest BCUT2D eigenvalue weighted by molar-refractivity contribution is 6.02. The zero-order chi connectivity index (χ0) is 19.2. The van der Waals surface area contributed by atoms with Gasteiger partial charge in [0.15, 0.2) is 0 Å². The molecule has 140 valence electrons. The molecule has 0 aliphatic carbocycles. The van der Waals surface area contributed by atoms with Crippen molar-refractivity contribution in [2.24, 2.45) is 5.73 Å². The van der Waals surface area contributed by atoms with Crippen LogP contribution in [0, 0.1) is 0 Å². The Labute approximate surface area is 157 Å². The maximum atomic E-state index is 12.3. The van der Waals surface area contributed by atoms with E-state index in [1.807, 2.05) is 18.2 Å². The van der Waals surface area contributed by atoms with Gasteiger partial charge in [-0.1, -0.05) is 18.2 Å². The van der Waals surface area contributed by atoms with Crippen molar-refractivity contribution in [2.45, 2.75) is 19.3 Å². The SMILES string of the molecule is NC(=O)c1cccc(OCCC(=O)Nc2ccccc2N2CCCC2=O)c1. The summed E-state index contributed by atoms with van der Waals surface area (Å²) in [4.78, 5) is 37.1. The molecule has 0 saturated carbocycles. The molecule has 0 unspecified atom stereocenters. The average Bonchev–Trinajstić information content (AvgIpc) is 3.08. The third-order valence-electron chi connectivity index (χ3n) is 4.26. The predicted octanol–water partition coefficient (Wildman–Crippen LogP) is 2.32. The maximum Gasteiger partial charge on any atom is 0.248 e. The van der Waals surface area contributed by atoms with Gasteiger partial charge < -0.3 is 20.7 Å². The Morgan fingerprint density at radius 3 is 2.70 bits per heavy atom. The lowest BCUT2D eigenvalue weighted by Crippen LogP contribution is -2.25. The molecule has 1 heterocycles. The van der Waals surface area contributed by atoms with Crippen molar-refractivity contribution in [3.05, 3.63) is 54.1 Å². The van der Waals surface area contributed by atoms with E-state index in [9.17, 15) is 14.4 Å². The van der Waals surface area contributed by atoms with E-state index in [0.29, 0.717) is 35.7 Å². The molecule has 2 aromatic rings. The van der Waals surface area contributed by atoms with Crippen LogP contribution in [0.15, 0.2) is 48.5 Å². The summed E-state index contributed by atoms with van der Waals surface area (Å²) in [6, 6.07) is 13.7. The van der Waals surface area contributed by atoms with E-state index in [2.05, 4.69) is 5.32 Å².